The van der Waals surface area contributed by atoms with E-state index >= 15 is 0 Å². The van der Waals surface area contributed by atoms with Crippen molar-refractivity contribution in [1.29, 1.82) is 0 Å². The second-order valence-corrected chi connectivity index (χ2v) is 6.70. The van der Waals surface area contributed by atoms with E-state index < -0.39 is 0 Å². The van der Waals surface area contributed by atoms with Crippen LogP contribution in [0.1, 0.15) is 54.7 Å². The molecule has 148 valence electrons. The zero-order chi connectivity index (χ0) is 18.4. The van der Waals surface area contributed by atoms with E-state index in [1.54, 1.807) is 6.20 Å². The molecule has 0 atom stereocenters. The van der Waals surface area contributed by atoms with Crippen molar-refractivity contribution in [3.8, 4) is 5.75 Å². The van der Waals surface area contributed by atoms with Gasteiger partial charge < -0.3 is 15.4 Å². The lowest BCUT2D eigenvalue weighted by Gasteiger charge is -2.22. The highest BCUT2D eigenvalue weighted by atomic mass is 35.5. The number of unbranched alkanes of at least 4 members (excludes halogenated alkanes) is 1. The van der Waals surface area contributed by atoms with Gasteiger partial charge in [-0.05, 0) is 63.0 Å². The summed E-state index contributed by atoms with van der Waals surface area (Å²) in [6.45, 7) is 6.74. The lowest BCUT2D eigenvalue weighted by Crippen LogP contribution is -2.29. The average Bonchev–Trinajstić information content (AvgIpc) is 3.15. The molecule has 0 radical (unpaired) electrons. The van der Waals surface area contributed by atoms with Crippen LogP contribution in [0.2, 0.25) is 0 Å². The minimum absolute atomic E-state index is 0. The first-order chi connectivity index (χ1) is 12.7. The molecule has 1 amide bonds. The molecule has 3 rings (SSSR count). The van der Waals surface area contributed by atoms with E-state index in [1.165, 1.54) is 0 Å². The van der Waals surface area contributed by atoms with Gasteiger partial charge in [-0.2, -0.15) is 0 Å². The second-order valence-electron chi connectivity index (χ2n) is 6.70. The molecule has 1 saturated heterocycles. The zero-order valence-corrected chi connectivity index (χ0v) is 16.7. The molecule has 0 unspecified atom stereocenters. The van der Waals surface area contributed by atoms with Crippen molar-refractivity contribution < 1.29 is 9.53 Å². The number of anilines is 1. The number of amides is 1. The van der Waals surface area contributed by atoms with Crippen molar-refractivity contribution in [3.63, 3.8) is 0 Å². The SMILES string of the molecule is CCCCOc1ccc(NC(=O)c2cn(C3CCNCC3)nn2)c(C)c1.Cl. The molecule has 1 aliphatic heterocycles. The Labute approximate surface area is 166 Å². The largest absolute Gasteiger partial charge is 0.494 e. The van der Waals surface area contributed by atoms with Gasteiger partial charge in [-0.25, -0.2) is 4.68 Å². The van der Waals surface area contributed by atoms with Gasteiger partial charge >= 0.3 is 0 Å². The van der Waals surface area contributed by atoms with Crippen molar-refractivity contribution in [3.05, 3.63) is 35.7 Å². The molecule has 7 nitrogen and oxygen atoms in total. The van der Waals surface area contributed by atoms with Gasteiger partial charge in [0.2, 0.25) is 0 Å². The smallest absolute Gasteiger partial charge is 0.277 e. The minimum Gasteiger partial charge on any atom is -0.494 e. The van der Waals surface area contributed by atoms with E-state index in [9.17, 15) is 4.79 Å². The first-order valence-corrected chi connectivity index (χ1v) is 9.34. The van der Waals surface area contributed by atoms with E-state index in [0.717, 1.165) is 55.8 Å². The summed E-state index contributed by atoms with van der Waals surface area (Å²) in [4.78, 5) is 12.5. The number of hydrogen-bond donors (Lipinski definition) is 2. The first-order valence-electron chi connectivity index (χ1n) is 9.34. The summed E-state index contributed by atoms with van der Waals surface area (Å²) in [6, 6.07) is 6.00. The lowest BCUT2D eigenvalue weighted by molar-refractivity contribution is 0.102. The quantitative estimate of drug-likeness (QED) is 0.705. The topological polar surface area (TPSA) is 81.1 Å². The predicted octanol–water partition coefficient (Wildman–Crippen LogP) is 3.36. The summed E-state index contributed by atoms with van der Waals surface area (Å²) >= 11 is 0. The second kappa shape index (κ2) is 10.3. The Bertz CT molecular complexity index is 743. The maximum absolute atomic E-state index is 12.5. The number of nitrogens with one attached hydrogen (secondary N) is 2. The summed E-state index contributed by atoms with van der Waals surface area (Å²) in [5.74, 6) is 0.582. The monoisotopic (exact) mass is 393 g/mol. The molecule has 0 bridgehead atoms. The average molecular weight is 394 g/mol. The van der Waals surface area contributed by atoms with E-state index in [2.05, 4.69) is 27.9 Å². The van der Waals surface area contributed by atoms with E-state index in [1.807, 2.05) is 29.8 Å². The fourth-order valence-electron chi connectivity index (χ4n) is 3.02. The number of aryl methyl sites for hydroxylation is 1. The van der Waals surface area contributed by atoms with Crippen LogP contribution in [0.5, 0.6) is 5.75 Å². The Balaban J connectivity index is 0.00000261. The molecule has 8 heteroatoms. The number of carbonyl (C=O) groups is 1. The van der Waals surface area contributed by atoms with Gasteiger partial charge in [0.1, 0.15) is 5.75 Å². The number of ether oxygens (including phenoxy) is 1. The molecule has 2 aromatic rings. The standard InChI is InChI=1S/C19H27N5O2.ClH/c1-3-4-11-26-16-5-6-17(14(2)12-16)21-19(25)18-13-24(23-22-18)15-7-9-20-10-8-15;/h5-6,12-13,15,20H,3-4,7-11H2,1-2H3,(H,21,25);1H. The summed E-state index contributed by atoms with van der Waals surface area (Å²) in [5.41, 5.74) is 2.05. The molecular formula is C19H28ClN5O2. The van der Waals surface area contributed by atoms with Crippen LogP contribution in [-0.2, 0) is 0 Å². The fourth-order valence-corrected chi connectivity index (χ4v) is 3.02. The van der Waals surface area contributed by atoms with Crippen molar-refractivity contribution in [2.45, 2.75) is 45.6 Å². The van der Waals surface area contributed by atoms with Crippen LogP contribution in [0.3, 0.4) is 0 Å². The van der Waals surface area contributed by atoms with Crippen LogP contribution in [0.15, 0.2) is 24.4 Å². The van der Waals surface area contributed by atoms with Crippen LogP contribution >= 0.6 is 12.4 Å². The Hall–Kier alpha value is -2.12. The van der Waals surface area contributed by atoms with E-state index in [0.29, 0.717) is 18.3 Å². The molecule has 2 N–H and O–H groups in total. The van der Waals surface area contributed by atoms with Crippen molar-refractivity contribution in [2.24, 2.45) is 0 Å². The minimum atomic E-state index is -0.243. The molecule has 0 aliphatic carbocycles. The number of rotatable bonds is 7. The lowest BCUT2D eigenvalue weighted by atomic mass is 10.1. The van der Waals surface area contributed by atoms with E-state index in [4.69, 9.17) is 4.74 Å². The highest BCUT2D eigenvalue weighted by Crippen LogP contribution is 2.22. The number of nitrogens with zero attached hydrogens (tertiary/aromatic N) is 3. The van der Waals surface area contributed by atoms with Crippen molar-refractivity contribution >= 4 is 24.0 Å². The number of halogens is 1. The first kappa shape index (κ1) is 21.2. The van der Waals surface area contributed by atoms with Crippen LogP contribution in [0.25, 0.3) is 0 Å². The normalized spacial score (nSPS) is 14.4. The number of piperidine rings is 1. The zero-order valence-electron chi connectivity index (χ0n) is 15.9. The molecular weight excluding hydrogens is 366 g/mol. The number of aromatic nitrogens is 3. The number of carbonyl (C=O) groups excluding carboxylic acids is 1. The van der Waals surface area contributed by atoms with Gasteiger partial charge in [-0.1, -0.05) is 18.6 Å². The van der Waals surface area contributed by atoms with Crippen LogP contribution in [-0.4, -0.2) is 40.6 Å². The Morgan fingerprint density at radius 2 is 2.15 bits per heavy atom. The molecule has 1 aromatic heterocycles. The maximum Gasteiger partial charge on any atom is 0.277 e. The van der Waals surface area contributed by atoms with Crippen LogP contribution in [0, 0.1) is 6.92 Å². The summed E-state index contributed by atoms with van der Waals surface area (Å²) in [5, 5.41) is 14.4. The Kier molecular flexibility index (Phi) is 8.06. The summed E-state index contributed by atoms with van der Waals surface area (Å²) in [6.07, 6.45) is 5.88. The van der Waals surface area contributed by atoms with Gasteiger partial charge in [0.15, 0.2) is 5.69 Å². The molecule has 2 heterocycles. The summed E-state index contributed by atoms with van der Waals surface area (Å²) < 4.78 is 7.51. The van der Waals surface area contributed by atoms with E-state index in [-0.39, 0.29) is 18.3 Å². The van der Waals surface area contributed by atoms with Gasteiger partial charge in [-0.15, -0.1) is 17.5 Å². The van der Waals surface area contributed by atoms with Crippen LogP contribution < -0.4 is 15.4 Å². The van der Waals surface area contributed by atoms with Gasteiger partial charge in [0, 0.05) is 5.69 Å². The van der Waals surface area contributed by atoms with Crippen molar-refractivity contribution in [1.82, 2.24) is 20.3 Å². The third-order valence-corrected chi connectivity index (χ3v) is 4.64. The number of benzene rings is 1. The van der Waals surface area contributed by atoms with Gasteiger partial charge in [0.05, 0.1) is 18.8 Å². The van der Waals surface area contributed by atoms with Crippen LogP contribution in [0.4, 0.5) is 5.69 Å². The highest BCUT2D eigenvalue weighted by molar-refractivity contribution is 6.03. The predicted molar refractivity (Wildman–Crippen MR) is 108 cm³/mol. The molecule has 1 fully saturated rings. The molecule has 1 aromatic carbocycles. The third-order valence-electron chi connectivity index (χ3n) is 4.64. The third kappa shape index (κ3) is 5.68. The highest BCUT2D eigenvalue weighted by Gasteiger charge is 2.19. The number of hydrogen-bond acceptors (Lipinski definition) is 5. The summed E-state index contributed by atoms with van der Waals surface area (Å²) in [7, 11) is 0. The maximum atomic E-state index is 12.5. The Morgan fingerprint density at radius 1 is 1.37 bits per heavy atom. The molecule has 0 spiro atoms. The molecule has 1 aliphatic rings. The Morgan fingerprint density at radius 3 is 2.85 bits per heavy atom. The van der Waals surface area contributed by atoms with Gasteiger partial charge in [0.25, 0.3) is 5.91 Å². The fraction of sp³-hybridized carbons (Fsp3) is 0.526. The molecule has 27 heavy (non-hydrogen) atoms. The van der Waals surface area contributed by atoms with Gasteiger partial charge in [-0.3, -0.25) is 4.79 Å². The molecule has 0 saturated carbocycles. The van der Waals surface area contributed by atoms with Crippen molar-refractivity contribution in [2.75, 3.05) is 25.0 Å².